The van der Waals surface area contributed by atoms with Crippen LogP contribution in [0, 0.1) is 0 Å². The standard InChI is InChI=1S/C11H10IN/c12-9-11-7-4-8-13(11)10-5-2-1-3-6-10/h1-8H,9H2. The third-order valence-electron chi connectivity index (χ3n) is 2.00. The zero-order valence-corrected chi connectivity index (χ0v) is 9.31. The summed E-state index contributed by atoms with van der Waals surface area (Å²) in [6.45, 7) is 0. The van der Waals surface area contributed by atoms with E-state index in [4.69, 9.17) is 0 Å². The molecule has 2 heteroatoms. The molecular weight excluding hydrogens is 273 g/mol. The molecular formula is C11H10IN. The highest BCUT2D eigenvalue weighted by atomic mass is 127. The minimum absolute atomic E-state index is 1.04. The Morgan fingerprint density at radius 2 is 1.77 bits per heavy atom. The van der Waals surface area contributed by atoms with Crippen LogP contribution in [0.3, 0.4) is 0 Å². The number of alkyl halides is 1. The van der Waals surface area contributed by atoms with Crippen molar-refractivity contribution in [3.05, 3.63) is 54.4 Å². The summed E-state index contributed by atoms with van der Waals surface area (Å²) in [6, 6.07) is 14.6. The van der Waals surface area contributed by atoms with E-state index in [2.05, 4.69) is 69.8 Å². The Morgan fingerprint density at radius 3 is 2.46 bits per heavy atom. The molecule has 1 aromatic heterocycles. The lowest BCUT2D eigenvalue weighted by molar-refractivity contribution is 1.01. The molecule has 0 aliphatic heterocycles. The van der Waals surface area contributed by atoms with Gasteiger partial charge in [-0.05, 0) is 24.3 Å². The van der Waals surface area contributed by atoms with Crippen LogP contribution in [0.15, 0.2) is 48.7 Å². The van der Waals surface area contributed by atoms with Gasteiger partial charge in [0, 0.05) is 22.0 Å². The first-order valence-corrected chi connectivity index (χ1v) is 5.72. The van der Waals surface area contributed by atoms with Gasteiger partial charge in [0.2, 0.25) is 0 Å². The van der Waals surface area contributed by atoms with Gasteiger partial charge in [-0.15, -0.1) is 0 Å². The molecule has 0 atom stereocenters. The summed E-state index contributed by atoms with van der Waals surface area (Å²) in [6.07, 6.45) is 2.10. The number of aromatic nitrogens is 1. The summed E-state index contributed by atoms with van der Waals surface area (Å²) < 4.78 is 3.26. The van der Waals surface area contributed by atoms with Gasteiger partial charge in [-0.25, -0.2) is 0 Å². The molecule has 2 rings (SSSR count). The fourth-order valence-electron chi connectivity index (χ4n) is 1.37. The largest absolute Gasteiger partial charge is 0.320 e. The SMILES string of the molecule is ICc1cccn1-c1ccccc1. The highest BCUT2D eigenvalue weighted by molar-refractivity contribution is 14.1. The minimum atomic E-state index is 1.04. The Bertz CT molecular complexity index is 378. The summed E-state index contributed by atoms with van der Waals surface area (Å²) in [7, 11) is 0. The first kappa shape index (κ1) is 8.81. The number of rotatable bonds is 2. The van der Waals surface area contributed by atoms with Crippen molar-refractivity contribution >= 4 is 22.6 Å². The number of hydrogen-bond acceptors (Lipinski definition) is 0. The van der Waals surface area contributed by atoms with Gasteiger partial charge in [0.05, 0.1) is 0 Å². The van der Waals surface area contributed by atoms with Crippen molar-refractivity contribution in [3.63, 3.8) is 0 Å². The summed E-state index contributed by atoms with van der Waals surface area (Å²) in [4.78, 5) is 0. The lowest BCUT2D eigenvalue weighted by Gasteiger charge is -2.06. The van der Waals surface area contributed by atoms with Crippen molar-refractivity contribution < 1.29 is 0 Å². The summed E-state index contributed by atoms with van der Waals surface area (Å²) in [5.41, 5.74) is 2.57. The average molecular weight is 283 g/mol. The fraction of sp³-hybridized carbons (Fsp3) is 0.0909. The van der Waals surface area contributed by atoms with Crippen molar-refractivity contribution in [2.75, 3.05) is 0 Å². The monoisotopic (exact) mass is 283 g/mol. The molecule has 0 N–H and O–H groups in total. The fourth-order valence-corrected chi connectivity index (χ4v) is 1.99. The Kier molecular flexibility index (Phi) is 2.68. The molecule has 13 heavy (non-hydrogen) atoms. The molecule has 0 bridgehead atoms. The van der Waals surface area contributed by atoms with Crippen molar-refractivity contribution in [1.29, 1.82) is 0 Å². The van der Waals surface area contributed by atoms with Gasteiger partial charge in [0.1, 0.15) is 0 Å². The second kappa shape index (κ2) is 3.96. The van der Waals surface area contributed by atoms with Crippen molar-refractivity contribution in [1.82, 2.24) is 4.57 Å². The Labute approximate surface area is 91.5 Å². The van der Waals surface area contributed by atoms with Crippen LogP contribution in [0.1, 0.15) is 5.69 Å². The van der Waals surface area contributed by atoms with Gasteiger partial charge in [0.15, 0.2) is 0 Å². The summed E-state index contributed by atoms with van der Waals surface area (Å²) in [5.74, 6) is 0. The van der Waals surface area contributed by atoms with Gasteiger partial charge in [-0.2, -0.15) is 0 Å². The third kappa shape index (κ3) is 1.77. The molecule has 0 fully saturated rings. The van der Waals surface area contributed by atoms with Crippen LogP contribution >= 0.6 is 22.6 Å². The van der Waals surface area contributed by atoms with Crippen LogP contribution < -0.4 is 0 Å². The van der Waals surface area contributed by atoms with E-state index >= 15 is 0 Å². The number of nitrogens with zero attached hydrogens (tertiary/aromatic N) is 1. The topological polar surface area (TPSA) is 4.93 Å². The molecule has 2 aromatic rings. The molecule has 1 aromatic carbocycles. The maximum atomic E-state index is 2.38. The van der Waals surface area contributed by atoms with Crippen LogP contribution in [-0.4, -0.2) is 4.57 Å². The average Bonchev–Trinajstić information content (AvgIpc) is 2.67. The summed E-state index contributed by atoms with van der Waals surface area (Å²) in [5, 5.41) is 0. The van der Waals surface area contributed by atoms with E-state index in [0.717, 1.165) is 4.43 Å². The lowest BCUT2D eigenvalue weighted by atomic mass is 10.3. The second-order valence-corrected chi connectivity index (χ2v) is 3.60. The van der Waals surface area contributed by atoms with E-state index in [1.54, 1.807) is 0 Å². The molecule has 66 valence electrons. The molecule has 0 spiro atoms. The Morgan fingerprint density at radius 1 is 1.00 bits per heavy atom. The van der Waals surface area contributed by atoms with E-state index in [0.29, 0.717) is 0 Å². The van der Waals surface area contributed by atoms with Crippen molar-refractivity contribution in [2.45, 2.75) is 4.43 Å². The number of benzene rings is 1. The highest BCUT2D eigenvalue weighted by Crippen LogP contribution is 2.14. The molecule has 0 aliphatic carbocycles. The third-order valence-corrected chi connectivity index (χ3v) is 2.79. The predicted octanol–water partition coefficient (Wildman–Crippen LogP) is 3.41. The van der Waals surface area contributed by atoms with Crippen molar-refractivity contribution in [3.8, 4) is 5.69 Å². The maximum absolute atomic E-state index is 2.38. The van der Waals surface area contributed by atoms with E-state index in [1.165, 1.54) is 11.4 Å². The smallest absolute Gasteiger partial charge is 0.0452 e. The van der Waals surface area contributed by atoms with Gasteiger partial charge < -0.3 is 4.57 Å². The molecule has 1 heterocycles. The molecule has 0 aliphatic rings. The van der Waals surface area contributed by atoms with Gasteiger partial charge in [-0.1, -0.05) is 40.8 Å². The van der Waals surface area contributed by atoms with Gasteiger partial charge >= 0.3 is 0 Å². The van der Waals surface area contributed by atoms with Crippen molar-refractivity contribution in [2.24, 2.45) is 0 Å². The number of hydrogen-bond donors (Lipinski definition) is 0. The quantitative estimate of drug-likeness (QED) is 0.588. The zero-order chi connectivity index (χ0) is 9.10. The molecule has 0 amide bonds. The van der Waals surface area contributed by atoms with Gasteiger partial charge in [0.25, 0.3) is 0 Å². The zero-order valence-electron chi connectivity index (χ0n) is 7.15. The number of para-hydroxylation sites is 1. The Hall–Kier alpha value is -0.770. The first-order chi connectivity index (χ1) is 6.42. The Balaban J connectivity index is 2.47. The van der Waals surface area contributed by atoms with E-state index in [1.807, 2.05) is 6.07 Å². The van der Waals surface area contributed by atoms with Crippen LogP contribution in [0.5, 0.6) is 0 Å². The predicted molar refractivity (Wildman–Crippen MR) is 63.5 cm³/mol. The molecule has 0 saturated heterocycles. The lowest BCUT2D eigenvalue weighted by Crippen LogP contribution is -1.95. The first-order valence-electron chi connectivity index (χ1n) is 4.19. The maximum Gasteiger partial charge on any atom is 0.0452 e. The normalized spacial score (nSPS) is 10.2. The molecule has 0 saturated carbocycles. The second-order valence-electron chi connectivity index (χ2n) is 2.84. The number of halogens is 1. The van der Waals surface area contributed by atoms with Crippen LogP contribution in [0.25, 0.3) is 5.69 Å². The molecule has 1 nitrogen and oxygen atoms in total. The molecule has 0 unspecified atom stereocenters. The van der Waals surface area contributed by atoms with Gasteiger partial charge in [-0.3, -0.25) is 0 Å². The summed E-state index contributed by atoms with van der Waals surface area (Å²) >= 11 is 2.38. The van der Waals surface area contributed by atoms with Crippen LogP contribution in [-0.2, 0) is 4.43 Å². The van der Waals surface area contributed by atoms with E-state index in [9.17, 15) is 0 Å². The molecule has 0 radical (unpaired) electrons. The van der Waals surface area contributed by atoms with E-state index in [-0.39, 0.29) is 0 Å². The van der Waals surface area contributed by atoms with E-state index < -0.39 is 0 Å². The van der Waals surface area contributed by atoms with Crippen LogP contribution in [0.4, 0.5) is 0 Å². The highest BCUT2D eigenvalue weighted by Gasteiger charge is 1.99. The minimum Gasteiger partial charge on any atom is -0.320 e. The van der Waals surface area contributed by atoms with Crippen LogP contribution in [0.2, 0.25) is 0 Å².